The molecule has 3 aromatic rings. The molecule has 1 amide bonds. The fourth-order valence-electron chi connectivity index (χ4n) is 4.05. The smallest absolute Gasteiger partial charge is 0.266 e. The maximum absolute atomic E-state index is 12.4. The molecule has 0 spiro atoms. The molecule has 0 N–H and O–H groups in total. The number of fused-ring (bicyclic) bond motifs is 1. The van der Waals surface area contributed by atoms with Crippen molar-refractivity contribution in [3.8, 4) is 11.6 Å². The number of piperidine rings is 1. The van der Waals surface area contributed by atoms with Crippen LogP contribution in [0.25, 0.3) is 22.4 Å². The van der Waals surface area contributed by atoms with Crippen LogP contribution in [0.3, 0.4) is 0 Å². The molecule has 2 aromatic heterocycles. The SMILES string of the molecule is O=C(C1CCC1)N1CCC(c2nnc(-c3nccc4ccccc34)o2)CC1. The third-order valence-corrected chi connectivity index (χ3v) is 5.93. The fourth-order valence-corrected chi connectivity index (χ4v) is 4.05. The van der Waals surface area contributed by atoms with Crippen LogP contribution in [0, 0.1) is 5.92 Å². The predicted molar refractivity (Wildman–Crippen MR) is 101 cm³/mol. The van der Waals surface area contributed by atoms with Crippen LogP contribution in [0.15, 0.2) is 40.9 Å². The number of amides is 1. The molecule has 2 aliphatic rings. The number of nitrogens with zero attached hydrogens (tertiary/aromatic N) is 4. The maximum Gasteiger partial charge on any atom is 0.266 e. The average Bonchev–Trinajstić information content (AvgIpc) is 3.16. The van der Waals surface area contributed by atoms with E-state index >= 15 is 0 Å². The summed E-state index contributed by atoms with van der Waals surface area (Å²) in [6.45, 7) is 1.56. The molecule has 1 aliphatic heterocycles. The Hall–Kier alpha value is -2.76. The zero-order valence-electron chi connectivity index (χ0n) is 15.2. The van der Waals surface area contributed by atoms with Gasteiger partial charge in [0, 0.05) is 36.5 Å². The van der Waals surface area contributed by atoms with E-state index in [9.17, 15) is 4.79 Å². The summed E-state index contributed by atoms with van der Waals surface area (Å²) in [6, 6.07) is 10.0. The van der Waals surface area contributed by atoms with Gasteiger partial charge >= 0.3 is 0 Å². The molecule has 1 saturated carbocycles. The van der Waals surface area contributed by atoms with Gasteiger partial charge in [-0.3, -0.25) is 9.78 Å². The van der Waals surface area contributed by atoms with Crippen molar-refractivity contribution >= 4 is 16.7 Å². The highest BCUT2D eigenvalue weighted by Crippen LogP contribution is 2.33. The second-order valence-corrected chi connectivity index (χ2v) is 7.55. The molecule has 1 aromatic carbocycles. The maximum atomic E-state index is 12.4. The average molecular weight is 362 g/mol. The highest BCUT2D eigenvalue weighted by Gasteiger charge is 2.33. The molecule has 3 heterocycles. The van der Waals surface area contributed by atoms with Crippen molar-refractivity contribution in [3.05, 3.63) is 42.4 Å². The third kappa shape index (κ3) is 2.99. The normalized spacial score (nSPS) is 18.6. The number of benzene rings is 1. The molecule has 6 heteroatoms. The quantitative estimate of drug-likeness (QED) is 0.709. The molecule has 5 rings (SSSR count). The summed E-state index contributed by atoms with van der Waals surface area (Å²) in [5.41, 5.74) is 0.726. The molecule has 2 fully saturated rings. The lowest BCUT2D eigenvalue weighted by Gasteiger charge is -2.35. The Labute approximate surface area is 157 Å². The van der Waals surface area contributed by atoms with Gasteiger partial charge in [0.05, 0.1) is 0 Å². The summed E-state index contributed by atoms with van der Waals surface area (Å²) in [7, 11) is 0. The lowest BCUT2D eigenvalue weighted by atomic mass is 9.83. The Balaban J connectivity index is 1.32. The minimum Gasteiger partial charge on any atom is -0.419 e. The Morgan fingerprint density at radius 3 is 2.63 bits per heavy atom. The van der Waals surface area contributed by atoms with Gasteiger partial charge in [0.15, 0.2) is 0 Å². The van der Waals surface area contributed by atoms with E-state index in [-0.39, 0.29) is 11.8 Å². The van der Waals surface area contributed by atoms with Crippen molar-refractivity contribution in [2.75, 3.05) is 13.1 Å². The first-order valence-electron chi connectivity index (χ1n) is 9.76. The van der Waals surface area contributed by atoms with E-state index in [0.29, 0.717) is 17.7 Å². The fraction of sp³-hybridized carbons (Fsp3) is 0.429. The van der Waals surface area contributed by atoms with Crippen LogP contribution in [0.1, 0.15) is 43.9 Å². The summed E-state index contributed by atoms with van der Waals surface area (Å²) in [5, 5.41) is 10.7. The number of rotatable bonds is 3. The number of pyridine rings is 1. The van der Waals surface area contributed by atoms with Crippen LogP contribution in [-0.2, 0) is 4.79 Å². The predicted octanol–water partition coefficient (Wildman–Crippen LogP) is 3.79. The van der Waals surface area contributed by atoms with Crippen molar-refractivity contribution in [1.82, 2.24) is 20.1 Å². The summed E-state index contributed by atoms with van der Waals surface area (Å²) >= 11 is 0. The molecule has 0 radical (unpaired) electrons. The second-order valence-electron chi connectivity index (χ2n) is 7.55. The van der Waals surface area contributed by atoms with Crippen molar-refractivity contribution < 1.29 is 9.21 Å². The number of carbonyl (C=O) groups is 1. The van der Waals surface area contributed by atoms with E-state index in [0.717, 1.165) is 55.2 Å². The van der Waals surface area contributed by atoms with E-state index in [4.69, 9.17) is 4.42 Å². The second kappa shape index (κ2) is 6.76. The third-order valence-electron chi connectivity index (χ3n) is 5.93. The number of likely N-dealkylation sites (tertiary alicyclic amines) is 1. The standard InChI is InChI=1S/C21H22N4O2/c26-21(16-5-3-6-16)25-12-9-15(10-13-25)19-23-24-20(27-19)18-17-7-2-1-4-14(17)8-11-22-18/h1-2,4,7-8,11,15-16H,3,5-6,9-10,12-13H2. The molecular formula is C21H22N4O2. The monoisotopic (exact) mass is 362 g/mol. The van der Waals surface area contributed by atoms with E-state index in [1.807, 2.05) is 35.2 Å². The van der Waals surface area contributed by atoms with E-state index < -0.39 is 0 Å². The van der Waals surface area contributed by atoms with Gasteiger partial charge in [-0.15, -0.1) is 10.2 Å². The van der Waals surface area contributed by atoms with Gasteiger partial charge in [0.25, 0.3) is 5.89 Å². The van der Waals surface area contributed by atoms with Gasteiger partial charge in [-0.2, -0.15) is 0 Å². The molecule has 0 atom stereocenters. The first-order valence-corrected chi connectivity index (χ1v) is 9.76. The summed E-state index contributed by atoms with van der Waals surface area (Å²) < 4.78 is 6.00. The first kappa shape index (κ1) is 16.4. The summed E-state index contributed by atoms with van der Waals surface area (Å²) in [6.07, 6.45) is 6.84. The largest absolute Gasteiger partial charge is 0.419 e. The lowest BCUT2D eigenvalue weighted by Crippen LogP contribution is -2.43. The number of hydrogen-bond acceptors (Lipinski definition) is 5. The first-order chi connectivity index (χ1) is 13.3. The number of carbonyl (C=O) groups excluding carboxylic acids is 1. The van der Waals surface area contributed by atoms with Crippen LogP contribution < -0.4 is 0 Å². The van der Waals surface area contributed by atoms with Crippen LogP contribution in [0.2, 0.25) is 0 Å². The molecule has 0 unspecified atom stereocenters. The van der Waals surface area contributed by atoms with Crippen LogP contribution in [-0.4, -0.2) is 39.1 Å². The Bertz CT molecular complexity index is 966. The van der Waals surface area contributed by atoms with E-state index in [1.54, 1.807) is 6.20 Å². The molecule has 27 heavy (non-hydrogen) atoms. The molecule has 1 aliphatic carbocycles. The zero-order chi connectivity index (χ0) is 18.2. The van der Waals surface area contributed by atoms with Gasteiger partial charge in [0.1, 0.15) is 5.69 Å². The minimum absolute atomic E-state index is 0.215. The van der Waals surface area contributed by atoms with E-state index in [1.165, 1.54) is 6.42 Å². The van der Waals surface area contributed by atoms with Gasteiger partial charge in [0.2, 0.25) is 11.8 Å². The minimum atomic E-state index is 0.215. The van der Waals surface area contributed by atoms with Gasteiger partial charge in [-0.1, -0.05) is 30.7 Å². The highest BCUT2D eigenvalue weighted by molar-refractivity contribution is 5.92. The van der Waals surface area contributed by atoms with Gasteiger partial charge in [-0.05, 0) is 37.1 Å². The van der Waals surface area contributed by atoms with Crippen molar-refractivity contribution in [1.29, 1.82) is 0 Å². The van der Waals surface area contributed by atoms with Crippen molar-refractivity contribution in [2.45, 2.75) is 38.0 Å². The molecular weight excluding hydrogens is 340 g/mol. The Kier molecular flexibility index (Phi) is 4.11. The van der Waals surface area contributed by atoms with Crippen LogP contribution in [0.5, 0.6) is 0 Å². The molecule has 1 saturated heterocycles. The highest BCUT2D eigenvalue weighted by atomic mass is 16.4. The Morgan fingerprint density at radius 1 is 1.04 bits per heavy atom. The topological polar surface area (TPSA) is 72.1 Å². The van der Waals surface area contributed by atoms with E-state index in [2.05, 4.69) is 15.2 Å². The van der Waals surface area contributed by atoms with Gasteiger partial charge < -0.3 is 9.32 Å². The van der Waals surface area contributed by atoms with Gasteiger partial charge in [-0.25, -0.2) is 0 Å². The summed E-state index contributed by atoms with van der Waals surface area (Å²) in [4.78, 5) is 18.9. The molecule has 6 nitrogen and oxygen atoms in total. The number of aromatic nitrogens is 3. The van der Waals surface area contributed by atoms with Crippen molar-refractivity contribution in [2.24, 2.45) is 5.92 Å². The molecule has 138 valence electrons. The van der Waals surface area contributed by atoms with Crippen molar-refractivity contribution in [3.63, 3.8) is 0 Å². The Morgan fingerprint density at radius 2 is 1.85 bits per heavy atom. The number of hydrogen-bond donors (Lipinski definition) is 0. The van der Waals surface area contributed by atoms with Crippen LogP contribution >= 0.6 is 0 Å². The summed E-state index contributed by atoms with van der Waals surface area (Å²) in [5.74, 6) is 1.96. The lowest BCUT2D eigenvalue weighted by molar-refractivity contribution is -0.139. The zero-order valence-corrected chi connectivity index (χ0v) is 15.2. The van der Waals surface area contributed by atoms with Crippen LogP contribution in [0.4, 0.5) is 0 Å². The molecule has 0 bridgehead atoms.